The smallest absolute Gasteiger partial charge is 0.422 e. The maximum Gasteiger partial charge on any atom is 0.422 e. The lowest BCUT2D eigenvalue weighted by molar-refractivity contribution is -0.158. The van der Waals surface area contributed by atoms with E-state index in [2.05, 4.69) is 17.4 Å². The van der Waals surface area contributed by atoms with E-state index >= 15 is 0 Å². The van der Waals surface area contributed by atoms with E-state index in [-0.39, 0.29) is 5.75 Å². The zero-order valence-electron chi connectivity index (χ0n) is 6.43. The van der Waals surface area contributed by atoms with Crippen LogP contribution in [0.4, 0.5) is 0 Å². The Kier molecular flexibility index (Phi) is 2.92. The summed E-state index contributed by atoms with van der Waals surface area (Å²) >= 11 is 4.01. The summed E-state index contributed by atoms with van der Waals surface area (Å²) in [7, 11) is 0. The fourth-order valence-electron chi connectivity index (χ4n) is 0.665. The van der Waals surface area contributed by atoms with Gasteiger partial charge in [0.05, 0.1) is 0 Å². The van der Waals surface area contributed by atoms with Gasteiger partial charge in [-0.25, -0.2) is 9.59 Å². The van der Waals surface area contributed by atoms with Gasteiger partial charge < -0.3 is 9.84 Å². The summed E-state index contributed by atoms with van der Waals surface area (Å²) in [5.41, 5.74) is 0. The Morgan fingerprint density at radius 2 is 1.77 bits per heavy atom. The highest BCUT2D eigenvalue weighted by atomic mass is 32.1. The van der Waals surface area contributed by atoms with Gasteiger partial charge in [0.2, 0.25) is 0 Å². The second kappa shape index (κ2) is 3.95. The molecule has 0 saturated heterocycles. The Hall–Kier alpha value is -1.49. The molecule has 68 valence electrons. The lowest BCUT2D eigenvalue weighted by Gasteiger charge is -1.99. The average Bonchev–Trinajstić information content (AvgIpc) is 2.08. The summed E-state index contributed by atoms with van der Waals surface area (Å²) in [5, 5.41) is 8.21. The molecule has 0 atom stereocenters. The normalized spacial score (nSPS) is 9.31. The van der Waals surface area contributed by atoms with Crippen LogP contribution in [0, 0.1) is 0 Å². The monoisotopic (exact) mass is 198 g/mol. The number of carboxylic acids is 1. The summed E-state index contributed by atoms with van der Waals surface area (Å²) in [6.45, 7) is 0. The molecule has 0 radical (unpaired) electrons. The molecule has 0 spiro atoms. The van der Waals surface area contributed by atoms with Crippen molar-refractivity contribution in [3.8, 4) is 5.75 Å². The zero-order valence-corrected chi connectivity index (χ0v) is 7.32. The van der Waals surface area contributed by atoms with Gasteiger partial charge in [0.25, 0.3) is 0 Å². The molecule has 0 heterocycles. The number of carboxylic acid groups (broad SMARTS) is 1. The van der Waals surface area contributed by atoms with Crippen molar-refractivity contribution in [3.05, 3.63) is 24.3 Å². The Morgan fingerprint density at radius 3 is 2.23 bits per heavy atom. The third-order valence-electron chi connectivity index (χ3n) is 1.22. The quantitative estimate of drug-likeness (QED) is 0.305. The minimum absolute atomic E-state index is 0.185. The lowest BCUT2D eigenvalue weighted by Crippen LogP contribution is -2.19. The van der Waals surface area contributed by atoms with E-state index in [4.69, 9.17) is 5.11 Å². The van der Waals surface area contributed by atoms with Crippen molar-refractivity contribution in [2.24, 2.45) is 0 Å². The van der Waals surface area contributed by atoms with E-state index in [1.54, 1.807) is 12.1 Å². The number of aliphatic carboxylic acids is 1. The fraction of sp³-hybridized carbons (Fsp3) is 0. The number of hydrogen-bond acceptors (Lipinski definition) is 4. The molecule has 0 aliphatic heterocycles. The van der Waals surface area contributed by atoms with Gasteiger partial charge in [0, 0.05) is 4.90 Å². The molecule has 0 bridgehead atoms. The molecule has 0 unspecified atom stereocenters. The minimum atomic E-state index is -1.62. The maximum atomic E-state index is 10.6. The number of carbonyl (C=O) groups excluding carboxylic acids is 1. The van der Waals surface area contributed by atoms with Crippen LogP contribution in [0.15, 0.2) is 29.2 Å². The fourth-order valence-corrected chi connectivity index (χ4v) is 0.814. The van der Waals surface area contributed by atoms with E-state index in [9.17, 15) is 9.59 Å². The summed E-state index contributed by atoms with van der Waals surface area (Å²) in [5.74, 6) is -2.73. The van der Waals surface area contributed by atoms with Crippen molar-refractivity contribution in [2.45, 2.75) is 4.90 Å². The van der Waals surface area contributed by atoms with Crippen LogP contribution in [0.1, 0.15) is 0 Å². The number of thiol groups is 1. The van der Waals surface area contributed by atoms with E-state index in [1.807, 2.05) is 0 Å². The highest BCUT2D eigenvalue weighted by Gasteiger charge is 2.13. The number of ether oxygens (including phenoxy) is 1. The van der Waals surface area contributed by atoms with Crippen LogP contribution in [-0.2, 0) is 9.59 Å². The first kappa shape index (κ1) is 9.60. The Labute approximate surface area is 79.5 Å². The van der Waals surface area contributed by atoms with Crippen molar-refractivity contribution < 1.29 is 19.4 Å². The van der Waals surface area contributed by atoms with Crippen LogP contribution >= 0.6 is 12.6 Å². The van der Waals surface area contributed by atoms with Crippen LogP contribution in [0.25, 0.3) is 0 Å². The first-order chi connectivity index (χ1) is 6.09. The van der Waals surface area contributed by atoms with Gasteiger partial charge in [-0.3, -0.25) is 0 Å². The molecule has 1 rings (SSSR count). The molecule has 0 aromatic heterocycles. The predicted octanol–water partition coefficient (Wildman–Crippen LogP) is 0.965. The van der Waals surface area contributed by atoms with Gasteiger partial charge in [-0.15, -0.1) is 12.6 Å². The minimum Gasteiger partial charge on any atom is -0.473 e. The topological polar surface area (TPSA) is 63.6 Å². The molecule has 0 aliphatic carbocycles. The molecular formula is C8H6O4S. The van der Waals surface area contributed by atoms with E-state index in [1.165, 1.54) is 12.1 Å². The lowest BCUT2D eigenvalue weighted by atomic mass is 10.3. The van der Waals surface area contributed by atoms with Crippen molar-refractivity contribution in [1.29, 1.82) is 0 Å². The molecule has 1 aromatic rings. The maximum absolute atomic E-state index is 10.6. The van der Waals surface area contributed by atoms with E-state index in [0.717, 1.165) is 0 Å². The van der Waals surface area contributed by atoms with Crippen molar-refractivity contribution >= 4 is 24.6 Å². The van der Waals surface area contributed by atoms with Gasteiger partial charge in [-0.1, -0.05) is 0 Å². The Morgan fingerprint density at radius 1 is 1.23 bits per heavy atom. The van der Waals surface area contributed by atoms with Crippen LogP contribution < -0.4 is 4.74 Å². The van der Waals surface area contributed by atoms with E-state index < -0.39 is 11.9 Å². The standard InChI is InChI=1S/C8H6O4S/c9-7(10)8(11)12-5-1-3-6(13)4-2-5/h1-4,13H,(H,9,10). The number of esters is 1. The average molecular weight is 198 g/mol. The van der Waals surface area contributed by atoms with Gasteiger partial charge in [-0.2, -0.15) is 0 Å². The largest absolute Gasteiger partial charge is 0.473 e. The molecule has 5 heteroatoms. The molecule has 0 aliphatic rings. The van der Waals surface area contributed by atoms with Gasteiger partial charge >= 0.3 is 11.9 Å². The third-order valence-corrected chi connectivity index (χ3v) is 1.52. The number of carbonyl (C=O) groups is 2. The molecule has 0 amide bonds. The van der Waals surface area contributed by atoms with Crippen LogP contribution in [0.3, 0.4) is 0 Å². The molecule has 1 N–H and O–H groups in total. The molecule has 13 heavy (non-hydrogen) atoms. The predicted molar refractivity (Wildman–Crippen MR) is 47.0 cm³/mol. The first-order valence-electron chi connectivity index (χ1n) is 3.34. The highest BCUT2D eigenvalue weighted by Crippen LogP contribution is 2.14. The summed E-state index contributed by atoms with van der Waals surface area (Å²) in [4.78, 5) is 21.3. The SMILES string of the molecule is O=C(O)C(=O)Oc1ccc(S)cc1. The summed E-state index contributed by atoms with van der Waals surface area (Å²) in [6.07, 6.45) is 0. The van der Waals surface area contributed by atoms with E-state index in [0.29, 0.717) is 4.90 Å². The second-order valence-corrected chi connectivity index (χ2v) is 2.70. The van der Waals surface area contributed by atoms with Gasteiger partial charge in [0.1, 0.15) is 5.75 Å². The summed E-state index contributed by atoms with van der Waals surface area (Å²) < 4.78 is 4.46. The molecule has 4 nitrogen and oxygen atoms in total. The third kappa shape index (κ3) is 2.79. The molecule has 0 saturated carbocycles. The first-order valence-corrected chi connectivity index (χ1v) is 3.78. The summed E-state index contributed by atoms with van der Waals surface area (Å²) in [6, 6.07) is 6.10. The molecule has 1 aromatic carbocycles. The van der Waals surface area contributed by atoms with Crippen LogP contribution in [-0.4, -0.2) is 17.0 Å². The Balaban J connectivity index is 2.70. The van der Waals surface area contributed by atoms with Gasteiger partial charge in [0.15, 0.2) is 0 Å². The van der Waals surface area contributed by atoms with Crippen molar-refractivity contribution in [2.75, 3.05) is 0 Å². The number of benzene rings is 1. The van der Waals surface area contributed by atoms with Crippen molar-refractivity contribution in [1.82, 2.24) is 0 Å². The van der Waals surface area contributed by atoms with Crippen molar-refractivity contribution in [3.63, 3.8) is 0 Å². The number of hydrogen-bond donors (Lipinski definition) is 2. The Bertz CT molecular complexity index is 331. The van der Waals surface area contributed by atoms with Crippen LogP contribution in [0.5, 0.6) is 5.75 Å². The van der Waals surface area contributed by atoms with Gasteiger partial charge in [-0.05, 0) is 24.3 Å². The molecule has 0 fully saturated rings. The second-order valence-electron chi connectivity index (χ2n) is 2.19. The zero-order chi connectivity index (χ0) is 9.84. The highest BCUT2D eigenvalue weighted by molar-refractivity contribution is 7.80. The number of rotatable bonds is 1. The van der Waals surface area contributed by atoms with Crippen LogP contribution in [0.2, 0.25) is 0 Å². The molecular weight excluding hydrogens is 192 g/mol.